The number of benzene rings is 2. The van der Waals surface area contributed by atoms with Crippen molar-refractivity contribution in [1.29, 1.82) is 0 Å². The molecule has 0 saturated carbocycles. The predicted molar refractivity (Wildman–Crippen MR) is 79.4 cm³/mol. The summed E-state index contributed by atoms with van der Waals surface area (Å²) >= 11 is 6.11. The van der Waals surface area contributed by atoms with E-state index in [1.165, 1.54) is 5.56 Å². The summed E-state index contributed by atoms with van der Waals surface area (Å²) < 4.78 is 11.6. The highest BCUT2D eigenvalue weighted by atomic mass is 35.5. The van der Waals surface area contributed by atoms with Crippen molar-refractivity contribution in [3.05, 3.63) is 58.6 Å². The molecule has 3 nitrogen and oxygen atoms in total. The molecule has 20 heavy (non-hydrogen) atoms. The van der Waals surface area contributed by atoms with Crippen LogP contribution in [0, 0.1) is 0 Å². The number of hydrogen-bond donors (Lipinski definition) is 1. The highest BCUT2D eigenvalue weighted by Gasteiger charge is 2.22. The number of halogens is 1. The maximum absolute atomic E-state index is 6.11. The minimum Gasteiger partial charge on any atom is -0.490 e. The Morgan fingerprint density at radius 2 is 2.10 bits per heavy atom. The lowest BCUT2D eigenvalue weighted by molar-refractivity contribution is 0.148. The maximum Gasteiger partial charge on any atom is 0.137 e. The van der Waals surface area contributed by atoms with Crippen molar-refractivity contribution in [2.24, 2.45) is 5.73 Å². The van der Waals surface area contributed by atoms with Crippen LogP contribution in [0.15, 0.2) is 42.5 Å². The molecule has 0 amide bonds. The molecule has 2 aromatic carbocycles. The van der Waals surface area contributed by atoms with Crippen molar-refractivity contribution < 1.29 is 9.47 Å². The van der Waals surface area contributed by atoms with E-state index in [2.05, 4.69) is 6.07 Å². The number of fused-ring (bicyclic) bond motifs is 1. The summed E-state index contributed by atoms with van der Waals surface area (Å²) in [5.41, 5.74) is 7.73. The highest BCUT2D eigenvalue weighted by Crippen LogP contribution is 2.29. The monoisotopic (exact) mass is 289 g/mol. The van der Waals surface area contributed by atoms with Crippen LogP contribution in [-0.2, 0) is 13.0 Å². The van der Waals surface area contributed by atoms with Gasteiger partial charge in [0.1, 0.15) is 24.2 Å². The molecule has 0 radical (unpaired) electrons. The molecule has 2 N–H and O–H groups in total. The summed E-state index contributed by atoms with van der Waals surface area (Å²) in [5, 5.41) is 0.639. The van der Waals surface area contributed by atoms with E-state index >= 15 is 0 Å². The van der Waals surface area contributed by atoms with Gasteiger partial charge in [0, 0.05) is 18.0 Å². The minimum atomic E-state index is 0.0559. The van der Waals surface area contributed by atoms with Crippen LogP contribution in [0.25, 0.3) is 0 Å². The van der Waals surface area contributed by atoms with Crippen molar-refractivity contribution in [2.75, 3.05) is 6.61 Å². The van der Waals surface area contributed by atoms with Gasteiger partial charge in [-0.15, -0.1) is 0 Å². The third kappa shape index (κ3) is 2.74. The second-order valence-electron chi connectivity index (χ2n) is 4.82. The van der Waals surface area contributed by atoms with Crippen LogP contribution in [0.1, 0.15) is 11.1 Å². The largest absolute Gasteiger partial charge is 0.490 e. The smallest absolute Gasteiger partial charge is 0.137 e. The van der Waals surface area contributed by atoms with Crippen molar-refractivity contribution >= 4 is 11.6 Å². The molecule has 1 atom stereocenters. The summed E-state index contributed by atoms with van der Waals surface area (Å²) in [6.07, 6.45) is 0.936. The van der Waals surface area contributed by atoms with Crippen LogP contribution in [0.2, 0.25) is 5.02 Å². The minimum absolute atomic E-state index is 0.0559. The molecular weight excluding hydrogens is 274 g/mol. The Balaban J connectivity index is 1.60. The van der Waals surface area contributed by atoms with E-state index in [0.717, 1.165) is 23.5 Å². The van der Waals surface area contributed by atoms with Gasteiger partial charge >= 0.3 is 0 Å². The van der Waals surface area contributed by atoms with Crippen molar-refractivity contribution in [3.8, 4) is 11.5 Å². The van der Waals surface area contributed by atoms with Gasteiger partial charge in [0.05, 0.1) is 0 Å². The zero-order chi connectivity index (χ0) is 13.9. The number of ether oxygens (including phenoxy) is 2. The third-order valence-electron chi connectivity index (χ3n) is 3.39. The molecule has 0 saturated heterocycles. The molecule has 0 aliphatic carbocycles. The van der Waals surface area contributed by atoms with Gasteiger partial charge in [-0.05, 0) is 29.3 Å². The average Bonchev–Trinajstić information content (AvgIpc) is 2.88. The van der Waals surface area contributed by atoms with Gasteiger partial charge in [-0.3, -0.25) is 0 Å². The standard InChI is InChI=1S/C16H16ClNO2/c17-15-8-13(6-5-12(15)9-18)19-10-14-7-11-3-1-2-4-16(11)20-14/h1-6,8,14H,7,9-10,18H2. The average molecular weight is 290 g/mol. The quantitative estimate of drug-likeness (QED) is 0.940. The Kier molecular flexibility index (Phi) is 3.81. The molecule has 0 bridgehead atoms. The molecule has 4 heteroatoms. The summed E-state index contributed by atoms with van der Waals surface area (Å²) in [6.45, 7) is 0.938. The maximum atomic E-state index is 6.11. The first-order valence-corrected chi connectivity index (χ1v) is 7.00. The van der Waals surface area contributed by atoms with Crippen molar-refractivity contribution in [3.63, 3.8) is 0 Å². The Labute approximate surface area is 123 Å². The van der Waals surface area contributed by atoms with Crippen molar-refractivity contribution in [2.45, 2.75) is 19.1 Å². The molecule has 1 unspecified atom stereocenters. The molecule has 1 heterocycles. The van der Waals surface area contributed by atoms with E-state index in [1.54, 1.807) is 6.07 Å². The van der Waals surface area contributed by atoms with E-state index in [1.807, 2.05) is 30.3 Å². The van der Waals surface area contributed by atoms with E-state index < -0.39 is 0 Å². The first-order valence-electron chi connectivity index (χ1n) is 6.62. The SMILES string of the molecule is NCc1ccc(OCC2Cc3ccccc3O2)cc1Cl. The topological polar surface area (TPSA) is 44.5 Å². The van der Waals surface area contributed by atoms with Gasteiger partial charge in [0.2, 0.25) is 0 Å². The Bertz CT molecular complexity index is 590. The molecule has 0 aromatic heterocycles. The summed E-state index contributed by atoms with van der Waals surface area (Å²) in [4.78, 5) is 0. The fourth-order valence-corrected chi connectivity index (χ4v) is 2.57. The van der Waals surface area contributed by atoms with Crippen LogP contribution < -0.4 is 15.2 Å². The van der Waals surface area contributed by atoms with E-state index in [0.29, 0.717) is 18.2 Å². The van der Waals surface area contributed by atoms with Gasteiger partial charge in [-0.2, -0.15) is 0 Å². The lowest BCUT2D eigenvalue weighted by atomic mass is 10.1. The fraction of sp³-hybridized carbons (Fsp3) is 0.250. The van der Waals surface area contributed by atoms with Gasteiger partial charge in [0.25, 0.3) is 0 Å². The normalized spacial score (nSPS) is 16.6. The van der Waals surface area contributed by atoms with Crippen LogP contribution in [-0.4, -0.2) is 12.7 Å². The van der Waals surface area contributed by atoms with Crippen LogP contribution in [0.5, 0.6) is 11.5 Å². The zero-order valence-electron chi connectivity index (χ0n) is 11.0. The number of nitrogens with two attached hydrogens (primary N) is 1. The third-order valence-corrected chi connectivity index (χ3v) is 3.75. The molecule has 0 spiro atoms. The first kappa shape index (κ1) is 13.3. The Hall–Kier alpha value is -1.71. The fourth-order valence-electron chi connectivity index (χ4n) is 2.32. The molecule has 1 aliphatic heterocycles. The van der Waals surface area contributed by atoms with E-state index in [-0.39, 0.29) is 6.10 Å². The lowest BCUT2D eigenvalue weighted by Gasteiger charge is -2.13. The number of para-hydroxylation sites is 1. The van der Waals surface area contributed by atoms with Gasteiger partial charge < -0.3 is 15.2 Å². The van der Waals surface area contributed by atoms with Gasteiger partial charge in [-0.1, -0.05) is 35.9 Å². The highest BCUT2D eigenvalue weighted by molar-refractivity contribution is 6.31. The van der Waals surface area contributed by atoms with Crippen molar-refractivity contribution in [1.82, 2.24) is 0 Å². The Morgan fingerprint density at radius 1 is 1.25 bits per heavy atom. The van der Waals surface area contributed by atoms with Crippen LogP contribution in [0.4, 0.5) is 0 Å². The summed E-state index contributed by atoms with van der Waals surface area (Å²) in [5.74, 6) is 1.70. The molecule has 1 aliphatic rings. The predicted octanol–water partition coefficient (Wildman–Crippen LogP) is 3.18. The van der Waals surface area contributed by atoms with Gasteiger partial charge in [-0.25, -0.2) is 0 Å². The number of hydrogen-bond acceptors (Lipinski definition) is 3. The van der Waals surface area contributed by atoms with Crippen LogP contribution >= 0.6 is 11.6 Å². The molecule has 104 valence electrons. The second-order valence-corrected chi connectivity index (χ2v) is 5.23. The van der Waals surface area contributed by atoms with Gasteiger partial charge in [0.15, 0.2) is 0 Å². The molecular formula is C16H16ClNO2. The van der Waals surface area contributed by atoms with E-state index in [9.17, 15) is 0 Å². The molecule has 3 rings (SSSR count). The second kappa shape index (κ2) is 5.73. The number of rotatable bonds is 4. The summed E-state index contributed by atoms with van der Waals surface area (Å²) in [7, 11) is 0. The first-order chi connectivity index (χ1) is 9.76. The lowest BCUT2D eigenvalue weighted by Crippen LogP contribution is -2.22. The van der Waals surface area contributed by atoms with Crippen LogP contribution in [0.3, 0.4) is 0 Å². The molecule has 0 fully saturated rings. The zero-order valence-corrected chi connectivity index (χ0v) is 11.8. The molecule has 2 aromatic rings. The Morgan fingerprint density at radius 3 is 2.85 bits per heavy atom. The van der Waals surface area contributed by atoms with E-state index in [4.69, 9.17) is 26.8 Å². The summed E-state index contributed by atoms with van der Waals surface area (Å²) in [6, 6.07) is 13.7.